The maximum atomic E-state index is 10.7. The fraction of sp³-hybridized carbons (Fsp3) is 0.706. The second kappa shape index (κ2) is 7.63. The number of ether oxygens (including phenoxy) is 2. The van der Waals surface area contributed by atoms with E-state index in [1.54, 1.807) is 0 Å². The molecule has 0 N–H and O–H groups in total. The Kier molecular flexibility index (Phi) is 6.47. The van der Waals surface area contributed by atoms with Crippen LogP contribution in [0.15, 0.2) is 24.3 Å². The van der Waals surface area contributed by atoms with Gasteiger partial charge in [0.15, 0.2) is 0 Å². The Bertz CT molecular complexity index is 372. The molecule has 20 heavy (non-hydrogen) atoms. The Morgan fingerprint density at radius 2 is 2.25 bits per heavy atom. The molecule has 0 aromatic carbocycles. The molecule has 0 aromatic rings. The van der Waals surface area contributed by atoms with Crippen LogP contribution in [0.3, 0.4) is 0 Å². The Morgan fingerprint density at radius 3 is 2.80 bits per heavy atom. The summed E-state index contributed by atoms with van der Waals surface area (Å²) in [5, 5.41) is 0. The van der Waals surface area contributed by atoms with Gasteiger partial charge in [-0.15, -0.1) is 6.58 Å². The van der Waals surface area contributed by atoms with Gasteiger partial charge in [0.1, 0.15) is 6.61 Å². The van der Waals surface area contributed by atoms with Crippen molar-refractivity contribution in [3.63, 3.8) is 0 Å². The van der Waals surface area contributed by atoms with E-state index in [4.69, 9.17) is 9.47 Å². The summed E-state index contributed by atoms with van der Waals surface area (Å²) >= 11 is 0. The number of hydrogen-bond donors (Lipinski definition) is 0. The second-order valence-corrected chi connectivity index (χ2v) is 6.10. The van der Waals surface area contributed by atoms with Gasteiger partial charge in [-0.2, -0.15) is 0 Å². The van der Waals surface area contributed by atoms with E-state index >= 15 is 0 Å². The zero-order chi connectivity index (χ0) is 15.2. The summed E-state index contributed by atoms with van der Waals surface area (Å²) < 4.78 is 11.0. The summed E-state index contributed by atoms with van der Waals surface area (Å²) in [7, 11) is 0. The fourth-order valence-corrected chi connectivity index (χ4v) is 2.50. The molecule has 0 radical (unpaired) electrons. The SMILES string of the molecule is C=CC1(C)CCC(C(C)CCC=C(C)COC(C)=O)O1. The molecular formula is C17H28O3. The van der Waals surface area contributed by atoms with Crippen molar-refractivity contribution in [1.29, 1.82) is 0 Å². The minimum Gasteiger partial charge on any atom is -0.461 e. The van der Waals surface area contributed by atoms with Gasteiger partial charge in [0, 0.05) is 6.92 Å². The van der Waals surface area contributed by atoms with Crippen molar-refractivity contribution in [3.8, 4) is 0 Å². The molecule has 0 aliphatic carbocycles. The van der Waals surface area contributed by atoms with E-state index in [2.05, 4.69) is 26.5 Å². The van der Waals surface area contributed by atoms with Crippen LogP contribution < -0.4 is 0 Å². The molecule has 1 fully saturated rings. The second-order valence-electron chi connectivity index (χ2n) is 6.10. The largest absolute Gasteiger partial charge is 0.461 e. The molecule has 1 rings (SSSR count). The van der Waals surface area contributed by atoms with Gasteiger partial charge in [0.2, 0.25) is 0 Å². The minimum absolute atomic E-state index is 0.139. The van der Waals surface area contributed by atoms with Gasteiger partial charge in [-0.1, -0.05) is 19.1 Å². The molecular weight excluding hydrogens is 252 g/mol. The molecule has 0 spiro atoms. The normalized spacial score (nSPS) is 28.2. The fourth-order valence-electron chi connectivity index (χ4n) is 2.50. The van der Waals surface area contributed by atoms with Crippen molar-refractivity contribution in [3.05, 3.63) is 24.3 Å². The molecule has 1 aliphatic heterocycles. The number of carbonyl (C=O) groups excluding carboxylic acids is 1. The number of esters is 1. The summed E-state index contributed by atoms with van der Waals surface area (Å²) in [6.07, 6.45) is 8.67. The molecule has 3 atom stereocenters. The third kappa shape index (κ3) is 5.49. The van der Waals surface area contributed by atoms with E-state index in [1.165, 1.54) is 6.92 Å². The first-order valence-corrected chi connectivity index (χ1v) is 7.46. The van der Waals surface area contributed by atoms with E-state index in [0.717, 1.165) is 31.3 Å². The lowest BCUT2D eigenvalue weighted by Crippen LogP contribution is -2.25. The predicted molar refractivity (Wildman–Crippen MR) is 81.5 cm³/mol. The van der Waals surface area contributed by atoms with Crippen LogP contribution in [-0.4, -0.2) is 24.3 Å². The lowest BCUT2D eigenvalue weighted by Gasteiger charge is -2.24. The van der Waals surface area contributed by atoms with Crippen LogP contribution in [0.4, 0.5) is 0 Å². The van der Waals surface area contributed by atoms with Gasteiger partial charge in [-0.05, 0) is 51.0 Å². The molecule has 0 saturated carbocycles. The highest BCUT2D eigenvalue weighted by Crippen LogP contribution is 2.35. The average Bonchev–Trinajstić information content (AvgIpc) is 2.80. The summed E-state index contributed by atoms with van der Waals surface area (Å²) in [6, 6.07) is 0. The molecule has 0 bridgehead atoms. The van der Waals surface area contributed by atoms with Gasteiger partial charge >= 0.3 is 5.97 Å². The standard InChI is InChI=1S/C17H28O3/c1-6-17(5)11-10-16(20-17)14(3)9-7-8-13(2)12-19-15(4)18/h6,8,14,16H,1,7,9-12H2,2-5H3. The Balaban J connectivity index is 2.30. The molecule has 3 unspecified atom stereocenters. The van der Waals surface area contributed by atoms with E-state index in [1.807, 2.05) is 13.0 Å². The first-order chi connectivity index (χ1) is 9.36. The van der Waals surface area contributed by atoms with Gasteiger partial charge in [-0.25, -0.2) is 0 Å². The first-order valence-electron chi connectivity index (χ1n) is 7.46. The maximum absolute atomic E-state index is 10.7. The van der Waals surface area contributed by atoms with Crippen LogP contribution >= 0.6 is 0 Å². The zero-order valence-corrected chi connectivity index (χ0v) is 13.3. The lowest BCUT2D eigenvalue weighted by atomic mass is 9.95. The maximum Gasteiger partial charge on any atom is 0.302 e. The highest BCUT2D eigenvalue weighted by molar-refractivity contribution is 5.66. The van der Waals surface area contributed by atoms with Crippen LogP contribution in [0.5, 0.6) is 0 Å². The quantitative estimate of drug-likeness (QED) is 0.521. The highest BCUT2D eigenvalue weighted by Gasteiger charge is 2.35. The molecule has 0 amide bonds. The van der Waals surface area contributed by atoms with Gasteiger partial charge in [0.05, 0.1) is 11.7 Å². The van der Waals surface area contributed by atoms with Crippen molar-refractivity contribution < 1.29 is 14.3 Å². The van der Waals surface area contributed by atoms with Crippen LogP contribution in [0.2, 0.25) is 0 Å². The summed E-state index contributed by atoms with van der Waals surface area (Å²) in [4.78, 5) is 10.7. The predicted octanol–water partition coefficient (Wildman–Crippen LogP) is 4.04. The van der Waals surface area contributed by atoms with Crippen LogP contribution in [0, 0.1) is 5.92 Å². The van der Waals surface area contributed by atoms with Crippen LogP contribution in [0.1, 0.15) is 53.4 Å². The number of allylic oxidation sites excluding steroid dienone is 1. The van der Waals surface area contributed by atoms with Crippen LogP contribution in [-0.2, 0) is 14.3 Å². The zero-order valence-electron chi connectivity index (χ0n) is 13.3. The third-order valence-electron chi connectivity index (χ3n) is 4.03. The number of carbonyl (C=O) groups is 1. The van der Waals surface area contributed by atoms with Crippen LogP contribution in [0.25, 0.3) is 0 Å². The monoisotopic (exact) mass is 280 g/mol. The molecule has 1 aliphatic rings. The summed E-state index contributed by atoms with van der Waals surface area (Å²) in [5.41, 5.74) is 0.968. The van der Waals surface area contributed by atoms with Gasteiger partial charge in [0.25, 0.3) is 0 Å². The minimum atomic E-state index is -0.228. The topological polar surface area (TPSA) is 35.5 Å². The molecule has 3 heteroatoms. The molecule has 1 heterocycles. The Morgan fingerprint density at radius 1 is 1.55 bits per heavy atom. The van der Waals surface area contributed by atoms with Crippen molar-refractivity contribution in [1.82, 2.24) is 0 Å². The van der Waals surface area contributed by atoms with Gasteiger partial charge in [-0.3, -0.25) is 4.79 Å². The lowest BCUT2D eigenvalue weighted by molar-refractivity contribution is -0.139. The van der Waals surface area contributed by atoms with Gasteiger partial charge < -0.3 is 9.47 Å². The Hall–Kier alpha value is -1.09. The van der Waals surface area contributed by atoms with Crippen molar-refractivity contribution in [2.45, 2.75) is 65.1 Å². The van der Waals surface area contributed by atoms with E-state index in [0.29, 0.717) is 18.6 Å². The number of hydrogen-bond acceptors (Lipinski definition) is 3. The number of rotatable bonds is 7. The summed E-state index contributed by atoms with van der Waals surface area (Å²) in [5.74, 6) is 0.309. The molecule has 1 saturated heterocycles. The smallest absolute Gasteiger partial charge is 0.302 e. The molecule has 0 aromatic heterocycles. The van der Waals surface area contributed by atoms with E-state index < -0.39 is 0 Å². The van der Waals surface area contributed by atoms with E-state index in [-0.39, 0.29) is 11.6 Å². The Labute approximate surface area is 123 Å². The van der Waals surface area contributed by atoms with Crippen molar-refractivity contribution in [2.75, 3.05) is 6.61 Å². The van der Waals surface area contributed by atoms with Crippen molar-refractivity contribution >= 4 is 5.97 Å². The van der Waals surface area contributed by atoms with E-state index in [9.17, 15) is 4.79 Å². The molecule has 3 nitrogen and oxygen atoms in total. The molecule has 114 valence electrons. The first kappa shape index (κ1) is 17.0. The van der Waals surface area contributed by atoms with Crippen molar-refractivity contribution in [2.24, 2.45) is 5.92 Å². The highest BCUT2D eigenvalue weighted by atomic mass is 16.5. The average molecular weight is 280 g/mol. The third-order valence-corrected chi connectivity index (χ3v) is 4.03. The summed E-state index contributed by atoms with van der Waals surface area (Å²) in [6.45, 7) is 12.0.